The lowest BCUT2D eigenvalue weighted by Gasteiger charge is -2.24. The van der Waals surface area contributed by atoms with Crippen LogP contribution >= 0.6 is 0 Å². The molecule has 4 N–H and O–H groups in total. The van der Waals surface area contributed by atoms with Crippen LogP contribution in [0.15, 0.2) is 60.1 Å². The van der Waals surface area contributed by atoms with Crippen molar-refractivity contribution in [3.63, 3.8) is 0 Å². The number of nitrogens with one attached hydrogen (secondary N) is 4. The summed E-state index contributed by atoms with van der Waals surface area (Å²) in [5, 5.41) is 15.1. The first-order valence-electron chi connectivity index (χ1n) is 12.9. The van der Waals surface area contributed by atoms with Crippen molar-refractivity contribution < 1.29 is 14.3 Å². The first kappa shape index (κ1) is 26.3. The molecule has 0 unspecified atom stereocenters. The summed E-state index contributed by atoms with van der Waals surface area (Å²) in [6.45, 7) is 5.93. The van der Waals surface area contributed by atoms with Crippen molar-refractivity contribution in [2.75, 3.05) is 39.0 Å². The van der Waals surface area contributed by atoms with Crippen LogP contribution in [0.3, 0.4) is 0 Å². The topological polar surface area (TPSA) is 119 Å². The molecule has 5 rings (SSSR count). The average Bonchev–Trinajstić information content (AvgIpc) is 3.59. The lowest BCUT2D eigenvalue weighted by Crippen LogP contribution is -2.39. The second-order valence-electron chi connectivity index (χ2n) is 10.2. The SMILES string of the molecule is Cc1cc(C(=O)Nc2cc(OC3=CC=C4NC(NC(=O)CN5CC[C@H](N(C)C)C5)=CN4N3)ccc2C)n(C)n1. The van der Waals surface area contributed by atoms with Gasteiger partial charge in [0.05, 0.1) is 18.4 Å². The highest BCUT2D eigenvalue weighted by molar-refractivity contribution is 6.03. The largest absolute Gasteiger partial charge is 0.440 e. The van der Waals surface area contributed by atoms with Gasteiger partial charge in [0.2, 0.25) is 11.8 Å². The van der Waals surface area contributed by atoms with Crippen molar-refractivity contribution in [3.05, 3.63) is 77.1 Å². The number of hydrogen-bond donors (Lipinski definition) is 4. The fourth-order valence-electron chi connectivity index (χ4n) is 4.78. The minimum Gasteiger partial charge on any atom is -0.440 e. The van der Waals surface area contributed by atoms with Crippen LogP contribution in [0.2, 0.25) is 0 Å². The predicted octanol–water partition coefficient (Wildman–Crippen LogP) is 1.33. The predicted molar refractivity (Wildman–Crippen MR) is 147 cm³/mol. The van der Waals surface area contributed by atoms with Crippen molar-refractivity contribution in [1.82, 2.24) is 40.6 Å². The molecule has 1 atom stereocenters. The number of hydrogen-bond acceptors (Lipinski definition) is 9. The van der Waals surface area contributed by atoms with E-state index in [1.54, 1.807) is 41.1 Å². The van der Waals surface area contributed by atoms with E-state index in [4.69, 9.17) is 4.74 Å². The van der Waals surface area contributed by atoms with E-state index in [-0.39, 0.29) is 11.8 Å². The third-order valence-corrected chi connectivity index (χ3v) is 6.94. The van der Waals surface area contributed by atoms with Crippen LogP contribution in [0.5, 0.6) is 5.75 Å². The van der Waals surface area contributed by atoms with E-state index >= 15 is 0 Å². The second-order valence-corrected chi connectivity index (χ2v) is 10.2. The van der Waals surface area contributed by atoms with E-state index in [0.29, 0.717) is 41.4 Å². The van der Waals surface area contributed by atoms with Crippen molar-refractivity contribution >= 4 is 17.5 Å². The van der Waals surface area contributed by atoms with E-state index in [9.17, 15) is 9.59 Å². The van der Waals surface area contributed by atoms with Gasteiger partial charge in [-0.15, -0.1) is 0 Å². The number of fused-ring (bicyclic) bond motifs is 1. The zero-order valence-corrected chi connectivity index (χ0v) is 22.9. The van der Waals surface area contributed by atoms with E-state index < -0.39 is 0 Å². The molecule has 12 nitrogen and oxygen atoms in total. The highest BCUT2D eigenvalue weighted by Gasteiger charge is 2.27. The van der Waals surface area contributed by atoms with E-state index in [1.807, 2.05) is 32.1 Å². The third-order valence-electron chi connectivity index (χ3n) is 6.94. The number of aromatic nitrogens is 2. The van der Waals surface area contributed by atoms with Crippen molar-refractivity contribution in [2.45, 2.75) is 26.3 Å². The fourth-order valence-corrected chi connectivity index (χ4v) is 4.78. The Morgan fingerprint density at radius 2 is 2.00 bits per heavy atom. The van der Waals surface area contributed by atoms with Gasteiger partial charge in [0.1, 0.15) is 23.1 Å². The third kappa shape index (κ3) is 6.07. The summed E-state index contributed by atoms with van der Waals surface area (Å²) in [6, 6.07) is 7.73. The standard InChI is InChI=1S/C27H35N9O3/c1-17-6-7-20(13-21(17)28-27(38)22-12-18(2)31-34(22)5)39-26-9-8-24-29-23(15-36(24)32-26)30-25(37)16-35-11-10-19(14-35)33(3)4/h6-9,12-13,15,19,29,32H,10-11,14,16H2,1-5H3,(H,28,38)(H,30,37)/t19-/m0/s1. The smallest absolute Gasteiger partial charge is 0.273 e. The molecule has 1 aromatic carbocycles. The van der Waals surface area contributed by atoms with Crippen LogP contribution in [-0.4, -0.2) is 76.2 Å². The van der Waals surface area contributed by atoms with Gasteiger partial charge in [-0.1, -0.05) is 6.07 Å². The number of aryl methyl sites for hydroxylation is 3. The Balaban J connectivity index is 1.16. The van der Waals surface area contributed by atoms with Crippen LogP contribution in [0.4, 0.5) is 5.69 Å². The maximum Gasteiger partial charge on any atom is 0.273 e. The average molecular weight is 534 g/mol. The normalized spacial score (nSPS) is 18.6. The molecule has 4 heterocycles. The number of carbonyl (C=O) groups is 2. The van der Waals surface area contributed by atoms with E-state index in [2.05, 4.69) is 50.4 Å². The van der Waals surface area contributed by atoms with Crippen LogP contribution in [-0.2, 0) is 11.8 Å². The van der Waals surface area contributed by atoms with Gasteiger partial charge in [-0.2, -0.15) is 5.10 Å². The van der Waals surface area contributed by atoms with Crippen LogP contribution in [0.1, 0.15) is 28.2 Å². The quantitative estimate of drug-likeness (QED) is 0.398. The molecular formula is C27H35N9O3. The Kier molecular flexibility index (Phi) is 7.31. The molecule has 12 heteroatoms. The van der Waals surface area contributed by atoms with Crippen LogP contribution < -0.4 is 26.1 Å². The molecule has 1 aromatic heterocycles. The Labute approximate surface area is 227 Å². The minimum atomic E-state index is -0.244. The molecule has 206 valence electrons. The first-order valence-corrected chi connectivity index (χ1v) is 12.9. The molecule has 0 saturated carbocycles. The zero-order valence-electron chi connectivity index (χ0n) is 22.9. The molecule has 3 aliphatic rings. The molecule has 2 amide bonds. The molecular weight excluding hydrogens is 498 g/mol. The van der Waals surface area contributed by atoms with Crippen LogP contribution in [0, 0.1) is 13.8 Å². The van der Waals surface area contributed by atoms with Crippen molar-refractivity contribution in [2.24, 2.45) is 7.05 Å². The number of nitrogens with zero attached hydrogens (tertiary/aromatic N) is 5. The summed E-state index contributed by atoms with van der Waals surface area (Å²) < 4.78 is 7.61. The van der Waals surface area contributed by atoms with Crippen LogP contribution in [0.25, 0.3) is 0 Å². The lowest BCUT2D eigenvalue weighted by molar-refractivity contribution is -0.121. The van der Waals surface area contributed by atoms with E-state index in [0.717, 1.165) is 36.6 Å². The van der Waals surface area contributed by atoms with Gasteiger partial charge >= 0.3 is 0 Å². The second kappa shape index (κ2) is 10.8. The summed E-state index contributed by atoms with van der Waals surface area (Å²) >= 11 is 0. The maximum absolute atomic E-state index is 12.8. The summed E-state index contributed by atoms with van der Waals surface area (Å²) in [6.07, 6.45) is 6.48. The Hall–Kier alpha value is -4.29. The molecule has 0 radical (unpaired) electrons. The van der Waals surface area contributed by atoms with Gasteiger partial charge in [-0.3, -0.25) is 24.6 Å². The van der Waals surface area contributed by atoms with E-state index in [1.165, 1.54) is 0 Å². The molecule has 1 fully saturated rings. The number of ether oxygens (including phenoxy) is 1. The van der Waals surface area contributed by atoms with Gasteiger partial charge < -0.3 is 25.6 Å². The fraction of sp³-hybridized carbons (Fsp3) is 0.370. The number of carbonyl (C=O) groups excluding carboxylic acids is 2. The molecule has 3 aliphatic heterocycles. The highest BCUT2D eigenvalue weighted by Crippen LogP contribution is 2.25. The number of likely N-dealkylation sites (tertiary alicyclic amines) is 1. The monoisotopic (exact) mass is 533 g/mol. The summed E-state index contributed by atoms with van der Waals surface area (Å²) in [4.78, 5) is 29.8. The summed E-state index contributed by atoms with van der Waals surface area (Å²) in [7, 11) is 5.89. The molecule has 1 saturated heterocycles. The number of rotatable bonds is 8. The molecule has 0 aliphatic carbocycles. The van der Waals surface area contributed by atoms with Gasteiger partial charge in [0.25, 0.3) is 5.91 Å². The Bertz CT molecular complexity index is 1370. The lowest BCUT2D eigenvalue weighted by atomic mass is 10.2. The number of anilines is 1. The molecule has 39 heavy (non-hydrogen) atoms. The van der Waals surface area contributed by atoms with Gasteiger partial charge in [0, 0.05) is 44.0 Å². The number of amides is 2. The summed E-state index contributed by atoms with van der Waals surface area (Å²) in [5.74, 6) is 2.08. The number of allylic oxidation sites excluding steroid dienone is 2. The number of hydrazine groups is 1. The zero-order chi connectivity index (χ0) is 27.7. The number of likely N-dealkylation sites (N-methyl/N-ethyl adjacent to an activating group) is 1. The molecule has 0 spiro atoms. The Morgan fingerprint density at radius 1 is 1.18 bits per heavy atom. The maximum atomic E-state index is 12.8. The van der Waals surface area contributed by atoms with Gasteiger partial charge in [-0.05, 0) is 58.1 Å². The minimum absolute atomic E-state index is 0.0615. The van der Waals surface area contributed by atoms with Gasteiger partial charge in [-0.25, -0.2) is 5.01 Å². The highest BCUT2D eigenvalue weighted by atomic mass is 16.5. The molecule has 0 bridgehead atoms. The number of benzene rings is 1. The van der Waals surface area contributed by atoms with Crippen molar-refractivity contribution in [1.29, 1.82) is 0 Å². The Morgan fingerprint density at radius 3 is 2.72 bits per heavy atom. The molecule has 2 aromatic rings. The van der Waals surface area contributed by atoms with Crippen molar-refractivity contribution in [3.8, 4) is 5.75 Å². The van der Waals surface area contributed by atoms with Gasteiger partial charge in [0.15, 0.2) is 0 Å². The first-order chi connectivity index (χ1) is 18.6. The summed E-state index contributed by atoms with van der Waals surface area (Å²) in [5.41, 5.74) is 5.97.